The molecule has 1 aromatic rings. The Bertz CT molecular complexity index is 541. The van der Waals surface area contributed by atoms with Crippen LogP contribution in [0.15, 0.2) is 22.7 Å². The van der Waals surface area contributed by atoms with Crippen molar-refractivity contribution < 1.29 is 19.1 Å². The Balaban J connectivity index is 2.04. The Morgan fingerprint density at radius 1 is 1.35 bits per heavy atom. The molecule has 0 aliphatic heterocycles. The number of halogens is 2. The maximum atomic E-state index is 13.4. The van der Waals surface area contributed by atoms with Gasteiger partial charge in [-0.1, -0.05) is 18.9 Å². The van der Waals surface area contributed by atoms with E-state index in [9.17, 15) is 19.1 Å². The molecule has 1 saturated carbocycles. The number of rotatable bonds is 4. The molecule has 1 amide bonds. The second-order valence-electron chi connectivity index (χ2n) is 5.07. The number of hydrogen-bond acceptors (Lipinski definition) is 2. The van der Waals surface area contributed by atoms with Gasteiger partial charge in [0.2, 0.25) is 5.91 Å². The van der Waals surface area contributed by atoms with Gasteiger partial charge in [0.25, 0.3) is 0 Å². The highest BCUT2D eigenvalue weighted by Crippen LogP contribution is 2.30. The number of nitrogens with one attached hydrogen (secondary N) is 1. The van der Waals surface area contributed by atoms with E-state index in [1.54, 1.807) is 6.07 Å². The molecule has 2 N–H and O–H groups in total. The summed E-state index contributed by atoms with van der Waals surface area (Å²) in [5.74, 6) is -1.83. The summed E-state index contributed by atoms with van der Waals surface area (Å²) in [5.41, 5.74) is -0.632. The second kappa shape index (κ2) is 5.91. The van der Waals surface area contributed by atoms with Crippen molar-refractivity contribution in [2.45, 2.75) is 37.6 Å². The number of carbonyl (C=O) groups is 2. The number of carboxylic acids is 1. The van der Waals surface area contributed by atoms with Crippen molar-refractivity contribution in [2.75, 3.05) is 0 Å². The minimum absolute atomic E-state index is 0.0285. The highest BCUT2D eigenvalue weighted by molar-refractivity contribution is 9.10. The summed E-state index contributed by atoms with van der Waals surface area (Å²) in [5, 5.41) is 11.9. The standard InChI is InChI=1S/C14H15BrFNO3/c15-10-4-3-9(7-11(10)16)8-12(18)17-14(13(19)20)5-1-2-6-14/h3-4,7H,1-2,5-6,8H2,(H,17,18)(H,19,20). The van der Waals surface area contributed by atoms with E-state index < -0.39 is 23.2 Å². The van der Waals surface area contributed by atoms with Crippen LogP contribution in [0.3, 0.4) is 0 Å². The molecule has 6 heteroatoms. The first-order chi connectivity index (χ1) is 9.43. The molecule has 0 bridgehead atoms. The normalized spacial score (nSPS) is 16.9. The smallest absolute Gasteiger partial charge is 0.329 e. The third-order valence-corrected chi connectivity index (χ3v) is 4.24. The number of amides is 1. The van der Waals surface area contributed by atoms with E-state index in [0.717, 1.165) is 12.8 Å². The third-order valence-electron chi connectivity index (χ3n) is 3.59. The van der Waals surface area contributed by atoms with Crippen LogP contribution in [0.4, 0.5) is 4.39 Å². The molecule has 1 aliphatic carbocycles. The van der Waals surface area contributed by atoms with Crippen LogP contribution >= 0.6 is 15.9 Å². The topological polar surface area (TPSA) is 66.4 Å². The summed E-state index contributed by atoms with van der Waals surface area (Å²) in [7, 11) is 0. The SMILES string of the molecule is O=C(Cc1ccc(Br)c(F)c1)NC1(C(=O)O)CCCC1. The maximum absolute atomic E-state index is 13.4. The highest BCUT2D eigenvalue weighted by Gasteiger charge is 2.42. The molecule has 108 valence electrons. The molecule has 0 radical (unpaired) electrons. The van der Waals surface area contributed by atoms with Gasteiger partial charge in [-0.05, 0) is 46.5 Å². The van der Waals surface area contributed by atoms with E-state index >= 15 is 0 Å². The molecule has 4 nitrogen and oxygen atoms in total. The second-order valence-corrected chi connectivity index (χ2v) is 5.92. The van der Waals surface area contributed by atoms with Crippen molar-refractivity contribution in [1.29, 1.82) is 0 Å². The molecule has 1 aliphatic rings. The van der Waals surface area contributed by atoms with E-state index in [4.69, 9.17) is 0 Å². The van der Waals surface area contributed by atoms with Gasteiger partial charge in [-0.2, -0.15) is 0 Å². The first-order valence-electron chi connectivity index (χ1n) is 6.41. The van der Waals surface area contributed by atoms with Crippen LogP contribution in [0.2, 0.25) is 0 Å². The summed E-state index contributed by atoms with van der Waals surface area (Å²) in [6, 6.07) is 4.43. The van der Waals surface area contributed by atoms with Gasteiger partial charge in [-0.15, -0.1) is 0 Å². The zero-order valence-corrected chi connectivity index (χ0v) is 12.4. The van der Waals surface area contributed by atoms with Crippen LogP contribution in [-0.2, 0) is 16.0 Å². The van der Waals surface area contributed by atoms with Gasteiger partial charge < -0.3 is 10.4 Å². The summed E-state index contributed by atoms with van der Waals surface area (Å²) in [6.07, 6.45) is 2.45. The van der Waals surface area contributed by atoms with E-state index in [0.29, 0.717) is 22.9 Å². The molecule has 0 heterocycles. The Kier molecular flexibility index (Phi) is 4.42. The monoisotopic (exact) mass is 343 g/mol. The Labute approximate surface area is 124 Å². The van der Waals surface area contributed by atoms with Crippen molar-refractivity contribution in [3.05, 3.63) is 34.1 Å². The summed E-state index contributed by atoms with van der Waals surface area (Å²) >= 11 is 3.04. The van der Waals surface area contributed by atoms with Gasteiger partial charge >= 0.3 is 5.97 Å². The lowest BCUT2D eigenvalue weighted by Crippen LogP contribution is -2.52. The maximum Gasteiger partial charge on any atom is 0.329 e. The number of benzene rings is 1. The number of carbonyl (C=O) groups excluding carboxylic acids is 1. The first kappa shape index (κ1) is 15.0. The van der Waals surface area contributed by atoms with Crippen molar-refractivity contribution in [1.82, 2.24) is 5.32 Å². The van der Waals surface area contributed by atoms with Crippen LogP contribution in [0.1, 0.15) is 31.2 Å². The van der Waals surface area contributed by atoms with E-state index in [1.807, 2.05) is 0 Å². The molecule has 0 spiro atoms. The lowest BCUT2D eigenvalue weighted by Gasteiger charge is -2.25. The van der Waals surface area contributed by atoms with Crippen LogP contribution in [0.25, 0.3) is 0 Å². The predicted molar refractivity (Wildman–Crippen MR) is 74.8 cm³/mol. The minimum Gasteiger partial charge on any atom is -0.480 e. The van der Waals surface area contributed by atoms with Crippen molar-refractivity contribution in [3.8, 4) is 0 Å². The third kappa shape index (κ3) is 3.17. The molecule has 0 unspecified atom stereocenters. The van der Waals surface area contributed by atoms with Gasteiger partial charge in [-0.3, -0.25) is 4.79 Å². The van der Waals surface area contributed by atoms with Gasteiger partial charge in [-0.25, -0.2) is 9.18 Å². The van der Waals surface area contributed by atoms with Crippen molar-refractivity contribution in [2.24, 2.45) is 0 Å². The van der Waals surface area contributed by atoms with Crippen LogP contribution in [0, 0.1) is 5.82 Å². The zero-order valence-electron chi connectivity index (χ0n) is 10.8. The van der Waals surface area contributed by atoms with Crippen LogP contribution in [-0.4, -0.2) is 22.5 Å². The predicted octanol–water partition coefficient (Wildman–Crippen LogP) is 2.64. The summed E-state index contributed by atoms with van der Waals surface area (Å²) < 4.78 is 13.7. The number of carboxylic acid groups (broad SMARTS) is 1. The molecular weight excluding hydrogens is 329 g/mol. The lowest BCUT2D eigenvalue weighted by molar-refractivity contribution is -0.147. The van der Waals surface area contributed by atoms with E-state index in [-0.39, 0.29) is 6.42 Å². The highest BCUT2D eigenvalue weighted by atomic mass is 79.9. The Morgan fingerprint density at radius 2 is 2.00 bits per heavy atom. The van der Waals surface area contributed by atoms with Gasteiger partial charge in [0, 0.05) is 0 Å². The molecule has 1 fully saturated rings. The van der Waals surface area contributed by atoms with Gasteiger partial charge in [0.1, 0.15) is 11.4 Å². The molecule has 0 atom stereocenters. The number of hydrogen-bond donors (Lipinski definition) is 2. The fourth-order valence-corrected chi connectivity index (χ4v) is 2.76. The molecule has 0 saturated heterocycles. The fourth-order valence-electron chi connectivity index (χ4n) is 2.52. The van der Waals surface area contributed by atoms with Crippen molar-refractivity contribution in [3.63, 3.8) is 0 Å². The fraction of sp³-hybridized carbons (Fsp3) is 0.429. The molecular formula is C14H15BrFNO3. The molecule has 0 aromatic heterocycles. The molecule has 2 rings (SSSR count). The molecule has 1 aromatic carbocycles. The Morgan fingerprint density at radius 3 is 2.55 bits per heavy atom. The minimum atomic E-state index is -1.15. The summed E-state index contributed by atoms with van der Waals surface area (Å²) in [4.78, 5) is 23.3. The van der Waals surface area contributed by atoms with Gasteiger partial charge in [0.05, 0.1) is 10.9 Å². The number of aliphatic carboxylic acids is 1. The van der Waals surface area contributed by atoms with E-state index in [1.165, 1.54) is 12.1 Å². The quantitative estimate of drug-likeness (QED) is 0.883. The largest absolute Gasteiger partial charge is 0.480 e. The first-order valence-corrected chi connectivity index (χ1v) is 7.21. The van der Waals surface area contributed by atoms with Crippen LogP contribution in [0.5, 0.6) is 0 Å². The summed E-state index contributed by atoms with van der Waals surface area (Å²) in [6.45, 7) is 0. The van der Waals surface area contributed by atoms with Crippen LogP contribution < -0.4 is 5.32 Å². The average Bonchev–Trinajstić information content (AvgIpc) is 2.83. The average molecular weight is 344 g/mol. The lowest BCUT2D eigenvalue weighted by atomic mass is 9.97. The Hall–Kier alpha value is -1.43. The van der Waals surface area contributed by atoms with Crippen molar-refractivity contribution >= 4 is 27.8 Å². The van der Waals surface area contributed by atoms with E-state index in [2.05, 4.69) is 21.2 Å². The zero-order chi connectivity index (χ0) is 14.8. The molecule has 20 heavy (non-hydrogen) atoms. The van der Waals surface area contributed by atoms with Gasteiger partial charge in [0.15, 0.2) is 0 Å².